The molecule has 0 amide bonds. The molecule has 0 aromatic heterocycles. The van der Waals surface area contributed by atoms with E-state index in [0.29, 0.717) is 0 Å². The second kappa shape index (κ2) is 7.95. The smallest absolute Gasteiger partial charge is 0.0277 e. The van der Waals surface area contributed by atoms with Gasteiger partial charge in [-0.2, -0.15) is 0 Å². The lowest BCUT2D eigenvalue weighted by molar-refractivity contribution is 0.811. The van der Waals surface area contributed by atoms with E-state index in [-0.39, 0.29) is 18.4 Å². The Hall–Kier alpha value is -0.480. The van der Waals surface area contributed by atoms with Crippen molar-refractivity contribution in [3.8, 4) is 0 Å². The van der Waals surface area contributed by atoms with Gasteiger partial charge in [0.1, 0.15) is 0 Å². The molecule has 0 heterocycles. The van der Waals surface area contributed by atoms with E-state index in [1.54, 1.807) is 0 Å². The standard InChI is InChI=1S/C15H16BrNS.ClH/c1-11(17)14-8-7-13(9-15(14)16)18-10-12-5-3-2-4-6-12;/h2-9,11H,10,17H2,1H3;1H/t11-;/m1./s1. The molecule has 2 rings (SSSR count). The highest BCUT2D eigenvalue weighted by molar-refractivity contribution is 9.10. The van der Waals surface area contributed by atoms with E-state index in [0.717, 1.165) is 15.8 Å². The van der Waals surface area contributed by atoms with E-state index in [9.17, 15) is 0 Å². The first kappa shape index (κ1) is 16.6. The maximum absolute atomic E-state index is 5.89. The van der Waals surface area contributed by atoms with Crippen molar-refractivity contribution in [2.45, 2.75) is 23.6 Å². The van der Waals surface area contributed by atoms with Gasteiger partial charge in [0, 0.05) is 21.2 Å². The molecule has 2 aromatic carbocycles. The molecule has 0 saturated heterocycles. The van der Waals surface area contributed by atoms with Crippen molar-refractivity contribution in [2.24, 2.45) is 5.73 Å². The van der Waals surface area contributed by atoms with E-state index in [1.165, 1.54) is 10.5 Å². The van der Waals surface area contributed by atoms with Gasteiger partial charge in [0.25, 0.3) is 0 Å². The molecule has 0 aliphatic rings. The number of halogens is 2. The van der Waals surface area contributed by atoms with Crippen molar-refractivity contribution in [1.29, 1.82) is 0 Å². The van der Waals surface area contributed by atoms with Crippen LogP contribution in [-0.4, -0.2) is 0 Å². The van der Waals surface area contributed by atoms with Crippen LogP contribution < -0.4 is 5.73 Å². The van der Waals surface area contributed by atoms with Crippen molar-refractivity contribution < 1.29 is 0 Å². The Morgan fingerprint density at radius 1 is 1.16 bits per heavy atom. The second-order valence-corrected chi connectivity index (χ2v) is 6.15. The number of benzene rings is 2. The lowest BCUT2D eigenvalue weighted by Crippen LogP contribution is -2.05. The Kier molecular flexibility index (Phi) is 6.94. The van der Waals surface area contributed by atoms with Crippen molar-refractivity contribution in [2.75, 3.05) is 0 Å². The Labute approximate surface area is 133 Å². The van der Waals surface area contributed by atoms with Crippen LogP contribution in [0.3, 0.4) is 0 Å². The van der Waals surface area contributed by atoms with Crippen LogP contribution in [0.15, 0.2) is 57.9 Å². The molecule has 0 bridgehead atoms. The zero-order valence-corrected chi connectivity index (χ0v) is 13.9. The summed E-state index contributed by atoms with van der Waals surface area (Å²) in [6.45, 7) is 2.00. The Morgan fingerprint density at radius 3 is 2.42 bits per heavy atom. The van der Waals surface area contributed by atoms with Crippen molar-refractivity contribution in [1.82, 2.24) is 0 Å². The minimum absolute atomic E-state index is 0. The average molecular weight is 359 g/mol. The third-order valence-corrected chi connectivity index (χ3v) is 4.46. The van der Waals surface area contributed by atoms with Gasteiger partial charge in [0.2, 0.25) is 0 Å². The van der Waals surface area contributed by atoms with E-state index in [4.69, 9.17) is 5.73 Å². The molecule has 0 fully saturated rings. The van der Waals surface area contributed by atoms with Gasteiger partial charge in [0.05, 0.1) is 0 Å². The van der Waals surface area contributed by atoms with Crippen LogP contribution in [0.5, 0.6) is 0 Å². The van der Waals surface area contributed by atoms with Crippen LogP contribution >= 0.6 is 40.1 Å². The first-order valence-corrected chi connectivity index (χ1v) is 7.66. The van der Waals surface area contributed by atoms with Gasteiger partial charge in [0.15, 0.2) is 0 Å². The number of hydrogen-bond acceptors (Lipinski definition) is 2. The minimum atomic E-state index is 0. The van der Waals surface area contributed by atoms with E-state index in [1.807, 2.05) is 24.8 Å². The molecule has 1 atom stereocenters. The summed E-state index contributed by atoms with van der Waals surface area (Å²) in [7, 11) is 0. The third-order valence-electron chi connectivity index (χ3n) is 2.71. The highest BCUT2D eigenvalue weighted by atomic mass is 79.9. The Balaban J connectivity index is 0.00000180. The molecular formula is C15H17BrClNS. The molecule has 0 spiro atoms. The third kappa shape index (κ3) is 4.84. The minimum Gasteiger partial charge on any atom is -0.324 e. The average Bonchev–Trinajstić information content (AvgIpc) is 2.37. The van der Waals surface area contributed by atoms with E-state index in [2.05, 4.69) is 58.4 Å². The van der Waals surface area contributed by atoms with Gasteiger partial charge in [-0.05, 0) is 30.2 Å². The predicted octanol–water partition coefficient (Wildman–Crippen LogP) is 5.18. The maximum atomic E-state index is 5.89. The molecule has 19 heavy (non-hydrogen) atoms. The molecule has 0 saturated carbocycles. The topological polar surface area (TPSA) is 26.0 Å². The number of thioether (sulfide) groups is 1. The van der Waals surface area contributed by atoms with Crippen LogP contribution in [0.4, 0.5) is 0 Å². The number of hydrogen-bond donors (Lipinski definition) is 1. The lowest BCUT2D eigenvalue weighted by atomic mass is 10.1. The SMILES string of the molecule is C[C@@H](N)c1ccc(SCc2ccccc2)cc1Br.Cl. The summed E-state index contributed by atoms with van der Waals surface area (Å²) in [6.07, 6.45) is 0. The summed E-state index contributed by atoms with van der Waals surface area (Å²) in [5.74, 6) is 0.991. The molecule has 0 aliphatic carbocycles. The van der Waals surface area contributed by atoms with Crippen LogP contribution in [0.2, 0.25) is 0 Å². The van der Waals surface area contributed by atoms with Crippen molar-refractivity contribution >= 4 is 40.1 Å². The summed E-state index contributed by atoms with van der Waals surface area (Å²) in [4.78, 5) is 1.26. The van der Waals surface area contributed by atoms with Crippen LogP contribution in [-0.2, 0) is 5.75 Å². The summed E-state index contributed by atoms with van der Waals surface area (Å²) < 4.78 is 1.09. The lowest BCUT2D eigenvalue weighted by Gasteiger charge is -2.10. The van der Waals surface area contributed by atoms with Crippen LogP contribution in [0.25, 0.3) is 0 Å². The molecule has 102 valence electrons. The summed E-state index contributed by atoms with van der Waals surface area (Å²) in [6, 6.07) is 16.9. The van der Waals surface area contributed by atoms with Gasteiger partial charge >= 0.3 is 0 Å². The monoisotopic (exact) mass is 357 g/mol. The number of nitrogens with two attached hydrogens (primary N) is 1. The highest BCUT2D eigenvalue weighted by Crippen LogP contribution is 2.29. The van der Waals surface area contributed by atoms with Gasteiger partial charge in [-0.3, -0.25) is 0 Å². The summed E-state index contributed by atoms with van der Waals surface area (Å²) in [5.41, 5.74) is 8.39. The molecule has 0 unspecified atom stereocenters. The summed E-state index contributed by atoms with van der Waals surface area (Å²) in [5, 5.41) is 0. The Morgan fingerprint density at radius 2 is 1.84 bits per heavy atom. The summed E-state index contributed by atoms with van der Waals surface area (Å²) >= 11 is 5.42. The molecule has 1 nitrogen and oxygen atoms in total. The molecule has 4 heteroatoms. The fourth-order valence-corrected chi connectivity index (χ4v) is 3.49. The zero-order valence-electron chi connectivity index (χ0n) is 10.7. The largest absolute Gasteiger partial charge is 0.324 e. The Bertz CT molecular complexity index is 517. The van der Waals surface area contributed by atoms with Gasteiger partial charge in [-0.15, -0.1) is 24.2 Å². The van der Waals surface area contributed by atoms with Gasteiger partial charge in [-0.25, -0.2) is 0 Å². The van der Waals surface area contributed by atoms with E-state index < -0.39 is 0 Å². The molecule has 2 N–H and O–H groups in total. The highest BCUT2D eigenvalue weighted by Gasteiger charge is 2.06. The second-order valence-electron chi connectivity index (χ2n) is 4.25. The predicted molar refractivity (Wildman–Crippen MR) is 90.0 cm³/mol. The molecular weight excluding hydrogens is 342 g/mol. The van der Waals surface area contributed by atoms with Crippen LogP contribution in [0.1, 0.15) is 24.1 Å². The number of rotatable bonds is 4. The van der Waals surface area contributed by atoms with Gasteiger partial charge < -0.3 is 5.73 Å². The molecule has 0 radical (unpaired) electrons. The maximum Gasteiger partial charge on any atom is 0.0277 e. The van der Waals surface area contributed by atoms with Crippen molar-refractivity contribution in [3.05, 3.63) is 64.1 Å². The fraction of sp³-hybridized carbons (Fsp3) is 0.200. The van der Waals surface area contributed by atoms with Crippen molar-refractivity contribution in [3.63, 3.8) is 0 Å². The quantitative estimate of drug-likeness (QED) is 0.762. The molecule has 2 aromatic rings. The zero-order chi connectivity index (χ0) is 13.0. The molecule has 0 aliphatic heterocycles. The normalized spacial score (nSPS) is 11.7. The first-order chi connectivity index (χ1) is 8.66. The van der Waals surface area contributed by atoms with Gasteiger partial charge in [-0.1, -0.05) is 52.3 Å². The van der Waals surface area contributed by atoms with Crippen LogP contribution in [0, 0.1) is 0 Å². The fourth-order valence-electron chi connectivity index (χ4n) is 1.71. The first-order valence-electron chi connectivity index (χ1n) is 5.88. The van der Waals surface area contributed by atoms with E-state index >= 15 is 0 Å².